The Labute approximate surface area is 193 Å². The van der Waals surface area contributed by atoms with Crippen molar-refractivity contribution in [1.82, 2.24) is 5.32 Å². The SMILES string of the molecule is Cc1ccc(CCNC(=O)CN2C(=O)C(=Cc3ccccc3C)Sc3ccccc32)cc1. The van der Waals surface area contributed by atoms with E-state index in [1.54, 1.807) is 4.90 Å². The van der Waals surface area contributed by atoms with Crippen LogP contribution < -0.4 is 10.2 Å². The van der Waals surface area contributed by atoms with E-state index >= 15 is 0 Å². The number of amides is 2. The van der Waals surface area contributed by atoms with Crippen LogP contribution in [-0.2, 0) is 16.0 Å². The molecule has 0 atom stereocenters. The second-order valence-corrected chi connectivity index (χ2v) is 9.00. The Bertz CT molecular complexity index is 1170. The first-order chi connectivity index (χ1) is 15.5. The van der Waals surface area contributed by atoms with Crippen LogP contribution in [0.15, 0.2) is 82.6 Å². The molecule has 3 aromatic carbocycles. The van der Waals surface area contributed by atoms with Gasteiger partial charge in [0.1, 0.15) is 6.54 Å². The van der Waals surface area contributed by atoms with Crippen molar-refractivity contribution in [2.24, 2.45) is 0 Å². The Hall–Kier alpha value is -3.31. The van der Waals surface area contributed by atoms with Gasteiger partial charge in [-0.25, -0.2) is 0 Å². The van der Waals surface area contributed by atoms with E-state index in [0.717, 1.165) is 28.1 Å². The molecule has 1 aliphatic heterocycles. The summed E-state index contributed by atoms with van der Waals surface area (Å²) in [6.45, 7) is 4.61. The first-order valence-corrected chi connectivity index (χ1v) is 11.5. The van der Waals surface area contributed by atoms with E-state index in [0.29, 0.717) is 11.4 Å². The number of aryl methyl sites for hydroxylation is 2. The molecule has 0 aliphatic carbocycles. The fourth-order valence-electron chi connectivity index (χ4n) is 3.61. The molecule has 0 radical (unpaired) electrons. The Balaban J connectivity index is 1.48. The van der Waals surface area contributed by atoms with E-state index in [2.05, 4.69) is 36.5 Å². The quantitative estimate of drug-likeness (QED) is 0.538. The molecule has 0 fully saturated rings. The normalized spacial score (nSPS) is 14.4. The first kappa shape index (κ1) is 21.9. The predicted octanol–water partition coefficient (Wildman–Crippen LogP) is 5.14. The summed E-state index contributed by atoms with van der Waals surface area (Å²) in [5.74, 6) is -0.312. The standard InChI is InChI=1S/C27H26N2O2S/c1-19-11-13-21(14-12-19)15-16-28-26(30)18-29-23-9-5-6-10-24(23)32-25(27(29)31)17-22-8-4-3-7-20(22)2/h3-14,17H,15-16,18H2,1-2H3,(H,28,30). The first-order valence-electron chi connectivity index (χ1n) is 10.7. The number of hydrogen-bond donors (Lipinski definition) is 1. The fraction of sp³-hybridized carbons (Fsp3) is 0.185. The van der Waals surface area contributed by atoms with Gasteiger partial charge in [0.25, 0.3) is 5.91 Å². The smallest absolute Gasteiger partial charge is 0.265 e. The van der Waals surface area contributed by atoms with Gasteiger partial charge < -0.3 is 5.32 Å². The van der Waals surface area contributed by atoms with Gasteiger partial charge in [0.2, 0.25) is 5.91 Å². The minimum absolute atomic E-state index is 0.00455. The summed E-state index contributed by atoms with van der Waals surface area (Å²) in [6, 6.07) is 24.0. The van der Waals surface area contributed by atoms with Crippen LogP contribution in [0.3, 0.4) is 0 Å². The van der Waals surface area contributed by atoms with Gasteiger partial charge in [-0.05, 0) is 55.2 Å². The summed E-state index contributed by atoms with van der Waals surface area (Å²) in [4.78, 5) is 29.2. The fourth-order valence-corrected chi connectivity index (χ4v) is 4.66. The highest BCUT2D eigenvalue weighted by atomic mass is 32.2. The molecule has 1 aliphatic rings. The van der Waals surface area contributed by atoms with Gasteiger partial charge in [0.05, 0.1) is 10.6 Å². The van der Waals surface area contributed by atoms with Crippen molar-refractivity contribution in [2.45, 2.75) is 25.2 Å². The Morgan fingerprint density at radius 2 is 1.69 bits per heavy atom. The lowest BCUT2D eigenvalue weighted by molar-refractivity contribution is -0.122. The molecule has 0 saturated carbocycles. The van der Waals surface area contributed by atoms with Crippen LogP contribution in [0.1, 0.15) is 22.3 Å². The summed E-state index contributed by atoms with van der Waals surface area (Å²) < 4.78 is 0. The van der Waals surface area contributed by atoms with Gasteiger partial charge in [0.15, 0.2) is 0 Å². The van der Waals surface area contributed by atoms with Gasteiger partial charge in [-0.3, -0.25) is 14.5 Å². The minimum atomic E-state index is -0.164. The molecule has 3 aromatic rings. The maximum absolute atomic E-state index is 13.3. The van der Waals surface area contributed by atoms with E-state index in [1.807, 2.05) is 61.5 Å². The molecule has 0 bridgehead atoms. The van der Waals surface area contributed by atoms with Crippen LogP contribution in [0.25, 0.3) is 6.08 Å². The summed E-state index contributed by atoms with van der Waals surface area (Å²) in [5, 5.41) is 2.96. The van der Waals surface area contributed by atoms with Crippen LogP contribution in [-0.4, -0.2) is 24.9 Å². The average molecular weight is 443 g/mol. The Morgan fingerprint density at radius 3 is 2.47 bits per heavy atom. The highest BCUT2D eigenvalue weighted by Crippen LogP contribution is 2.42. The summed E-state index contributed by atoms with van der Waals surface area (Å²) in [5.41, 5.74) is 5.28. The maximum Gasteiger partial charge on any atom is 0.265 e. The van der Waals surface area contributed by atoms with E-state index in [-0.39, 0.29) is 18.4 Å². The molecule has 5 heteroatoms. The van der Waals surface area contributed by atoms with Crippen molar-refractivity contribution < 1.29 is 9.59 Å². The minimum Gasteiger partial charge on any atom is -0.354 e. The molecule has 4 rings (SSSR count). The number of carbonyl (C=O) groups is 2. The average Bonchev–Trinajstić information content (AvgIpc) is 2.79. The van der Waals surface area contributed by atoms with Crippen molar-refractivity contribution in [3.8, 4) is 0 Å². The van der Waals surface area contributed by atoms with Crippen molar-refractivity contribution in [1.29, 1.82) is 0 Å². The molecular formula is C27H26N2O2S. The van der Waals surface area contributed by atoms with Crippen molar-refractivity contribution in [2.75, 3.05) is 18.0 Å². The van der Waals surface area contributed by atoms with Crippen LogP contribution >= 0.6 is 11.8 Å². The topological polar surface area (TPSA) is 49.4 Å². The second-order valence-electron chi connectivity index (χ2n) is 7.91. The number of hydrogen-bond acceptors (Lipinski definition) is 3. The Kier molecular flexibility index (Phi) is 6.76. The number of nitrogens with zero attached hydrogens (tertiary/aromatic N) is 1. The van der Waals surface area contributed by atoms with Crippen molar-refractivity contribution in [3.05, 3.63) is 100.0 Å². The zero-order chi connectivity index (χ0) is 22.5. The number of fused-ring (bicyclic) bond motifs is 1. The zero-order valence-corrected chi connectivity index (χ0v) is 19.1. The van der Waals surface area contributed by atoms with Gasteiger partial charge in [-0.1, -0.05) is 78.0 Å². The number of nitrogens with one attached hydrogen (secondary N) is 1. The number of carbonyl (C=O) groups excluding carboxylic acids is 2. The van der Waals surface area contributed by atoms with Crippen LogP contribution in [0.4, 0.5) is 5.69 Å². The number of rotatable bonds is 6. The third kappa shape index (κ3) is 5.11. The zero-order valence-electron chi connectivity index (χ0n) is 18.3. The summed E-state index contributed by atoms with van der Waals surface area (Å²) >= 11 is 1.45. The molecule has 0 spiro atoms. The van der Waals surface area contributed by atoms with E-state index in [9.17, 15) is 9.59 Å². The summed E-state index contributed by atoms with van der Waals surface area (Å²) in [6.07, 6.45) is 2.67. The molecule has 2 amide bonds. The molecule has 1 N–H and O–H groups in total. The predicted molar refractivity (Wildman–Crippen MR) is 132 cm³/mol. The van der Waals surface area contributed by atoms with E-state index in [4.69, 9.17) is 0 Å². The molecule has 0 unspecified atom stereocenters. The monoisotopic (exact) mass is 442 g/mol. The molecule has 1 heterocycles. The molecule has 0 saturated heterocycles. The van der Waals surface area contributed by atoms with E-state index < -0.39 is 0 Å². The van der Waals surface area contributed by atoms with E-state index in [1.165, 1.54) is 22.9 Å². The van der Waals surface area contributed by atoms with Crippen LogP contribution in [0.2, 0.25) is 0 Å². The van der Waals surface area contributed by atoms with Crippen molar-refractivity contribution >= 4 is 35.3 Å². The van der Waals surface area contributed by atoms with Gasteiger partial charge >= 0.3 is 0 Å². The van der Waals surface area contributed by atoms with Gasteiger partial charge in [-0.15, -0.1) is 0 Å². The van der Waals surface area contributed by atoms with Crippen LogP contribution in [0.5, 0.6) is 0 Å². The lowest BCUT2D eigenvalue weighted by Crippen LogP contribution is -2.43. The summed E-state index contributed by atoms with van der Waals surface area (Å²) in [7, 11) is 0. The lowest BCUT2D eigenvalue weighted by Gasteiger charge is -2.30. The molecule has 4 nitrogen and oxygen atoms in total. The van der Waals surface area contributed by atoms with Gasteiger partial charge in [-0.2, -0.15) is 0 Å². The van der Waals surface area contributed by atoms with Gasteiger partial charge in [0, 0.05) is 11.4 Å². The number of anilines is 1. The third-order valence-electron chi connectivity index (χ3n) is 5.47. The number of thioether (sulfide) groups is 1. The van der Waals surface area contributed by atoms with Crippen LogP contribution in [0, 0.1) is 13.8 Å². The largest absolute Gasteiger partial charge is 0.354 e. The third-order valence-corrected chi connectivity index (χ3v) is 6.54. The molecular weight excluding hydrogens is 416 g/mol. The second kappa shape index (κ2) is 9.88. The molecule has 162 valence electrons. The highest BCUT2D eigenvalue weighted by Gasteiger charge is 2.30. The number of benzene rings is 3. The Morgan fingerprint density at radius 1 is 0.969 bits per heavy atom. The highest BCUT2D eigenvalue weighted by molar-refractivity contribution is 8.04. The lowest BCUT2D eigenvalue weighted by atomic mass is 10.1. The maximum atomic E-state index is 13.3. The van der Waals surface area contributed by atoms with Crippen molar-refractivity contribution in [3.63, 3.8) is 0 Å². The number of para-hydroxylation sites is 1. The molecule has 0 aromatic heterocycles. The molecule has 32 heavy (non-hydrogen) atoms.